The number of carbonyl (C=O) groups excluding carboxylic acids is 4. The van der Waals surface area contributed by atoms with Crippen molar-refractivity contribution in [3.05, 3.63) is 11.6 Å². The second-order valence-corrected chi connectivity index (χ2v) is 20.3. The van der Waals surface area contributed by atoms with Gasteiger partial charge in [0.05, 0.1) is 25.1 Å². The van der Waals surface area contributed by atoms with E-state index in [1.807, 2.05) is 0 Å². The van der Waals surface area contributed by atoms with Crippen molar-refractivity contribution in [3.8, 4) is 0 Å². The molecule has 1 saturated heterocycles. The Morgan fingerprint density at radius 1 is 0.979 bits per heavy atom. The highest BCUT2D eigenvalue weighted by atomic mass is 35.5. The first-order valence-electron chi connectivity index (χ1n) is 15.4. The van der Waals surface area contributed by atoms with Crippen molar-refractivity contribution in [2.24, 2.45) is 0 Å². The Morgan fingerprint density at radius 3 is 1.98 bits per heavy atom. The van der Waals surface area contributed by atoms with Gasteiger partial charge in [-0.05, 0) is 85.1 Å². The topological polar surface area (TPSA) is 161 Å². The average Bonchev–Trinajstić information content (AvgIpc) is 3.44. The van der Waals surface area contributed by atoms with Crippen LogP contribution in [-0.2, 0) is 33.0 Å². The third kappa shape index (κ3) is 9.56. The molecule has 0 aliphatic carbocycles. The summed E-state index contributed by atoms with van der Waals surface area (Å²) in [6.07, 6.45) is -3.39. The van der Waals surface area contributed by atoms with Gasteiger partial charge in [-0.1, -0.05) is 20.8 Å². The van der Waals surface area contributed by atoms with Crippen LogP contribution in [-0.4, -0.2) is 87.7 Å². The summed E-state index contributed by atoms with van der Waals surface area (Å²) in [5.41, 5.74) is -1.72. The van der Waals surface area contributed by atoms with Gasteiger partial charge in [-0.2, -0.15) is 14.9 Å². The number of imidazole rings is 1. The average molecular weight is 698 g/mol. The minimum absolute atomic E-state index is 0.0453. The first kappa shape index (κ1) is 38.5. The Bertz CT molecular complexity index is 1470. The molecule has 0 unspecified atom stereocenters. The summed E-state index contributed by atoms with van der Waals surface area (Å²) in [4.78, 5) is 64.6. The van der Waals surface area contributed by atoms with Crippen LogP contribution in [0.25, 0.3) is 11.2 Å². The Balaban J connectivity index is 2.13. The van der Waals surface area contributed by atoms with Crippen molar-refractivity contribution in [2.45, 2.75) is 136 Å². The zero-order valence-electron chi connectivity index (χ0n) is 29.6. The lowest BCUT2D eigenvalue weighted by Gasteiger charge is -2.39. The maximum absolute atomic E-state index is 13.4. The van der Waals surface area contributed by atoms with Gasteiger partial charge in [0.25, 0.3) is 0 Å². The molecule has 0 N–H and O–H groups in total. The summed E-state index contributed by atoms with van der Waals surface area (Å²) < 4.78 is 31.6. The highest BCUT2D eigenvalue weighted by Crippen LogP contribution is 2.43. The second-order valence-electron chi connectivity index (χ2n) is 15.2. The van der Waals surface area contributed by atoms with Crippen molar-refractivity contribution in [1.82, 2.24) is 19.5 Å². The van der Waals surface area contributed by atoms with Gasteiger partial charge in [-0.25, -0.2) is 14.6 Å². The number of anilines is 1. The van der Waals surface area contributed by atoms with E-state index in [2.05, 4.69) is 48.8 Å². The highest BCUT2D eigenvalue weighted by molar-refractivity contribution is 6.74. The predicted molar refractivity (Wildman–Crippen MR) is 177 cm³/mol. The SMILES string of the molecule is CC(=O)C(OC[C@@H]1C[C@@H](O[Si](C)(C)C(C)(C)C)[C@H](n2cnc3c(N(C(=O)OC(C)(C)C)C(=O)OC(C)(C)C)nc(Cl)nc32)O1)C(C)=O. The number of imide groups is 1. The molecule has 0 saturated carbocycles. The molecule has 3 heterocycles. The molecule has 2 amide bonds. The van der Waals surface area contributed by atoms with E-state index >= 15 is 0 Å². The lowest BCUT2D eigenvalue weighted by atomic mass is 10.1. The van der Waals surface area contributed by atoms with E-state index in [-0.39, 0.29) is 33.9 Å². The molecule has 14 nitrogen and oxygen atoms in total. The van der Waals surface area contributed by atoms with Gasteiger partial charge in [0.2, 0.25) is 5.28 Å². The monoisotopic (exact) mass is 697 g/mol. The predicted octanol–water partition coefficient (Wildman–Crippen LogP) is 6.40. The fourth-order valence-electron chi connectivity index (χ4n) is 4.53. The van der Waals surface area contributed by atoms with Crippen LogP contribution >= 0.6 is 11.6 Å². The number of ether oxygens (including phenoxy) is 4. The number of ketones is 2. The fourth-order valence-corrected chi connectivity index (χ4v) is 6.02. The zero-order chi connectivity index (χ0) is 35.9. The molecule has 262 valence electrons. The molecule has 0 bridgehead atoms. The Morgan fingerprint density at radius 2 is 1.51 bits per heavy atom. The van der Waals surface area contributed by atoms with Crippen molar-refractivity contribution >= 4 is 60.7 Å². The Labute approximate surface area is 281 Å². The summed E-state index contributed by atoms with van der Waals surface area (Å²) in [5, 5.41) is -0.422. The molecular formula is C31H48ClN5O9Si. The molecule has 3 rings (SSSR count). The summed E-state index contributed by atoms with van der Waals surface area (Å²) in [6, 6.07) is 0. The first-order valence-corrected chi connectivity index (χ1v) is 18.7. The molecule has 1 aliphatic heterocycles. The number of Topliss-reactive ketones (excluding diaryl/α,β-unsaturated/α-hetero) is 2. The maximum atomic E-state index is 13.4. The fraction of sp³-hybridized carbons (Fsp3) is 0.710. The van der Waals surface area contributed by atoms with Crippen molar-refractivity contribution in [1.29, 1.82) is 0 Å². The largest absolute Gasteiger partial charge is 0.443 e. The van der Waals surface area contributed by atoms with E-state index in [9.17, 15) is 19.2 Å². The minimum atomic E-state index is -2.37. The van der Waals surface area contributed by atoms with Crippen LogP contribution in [0.15, 0.2) is 6.33 Å². The van der Waals surface area contributed by atoms with Crippen LogP contribution in [0.3, 0.4) is 0 Å². The number of amides is 2. The van der Waals surface area contributed by atoms with Crippen molar-refractivity contribution in [3.63, 3.8) is 0 Å². The molecular weight excluding hydrogens is 650 g/mol. The van der Waals surface area contributed by atoms with Crippen LogP contribution in [0.2, 0.25) is 23.4 Å². The molecule has 2 aromatic rings. The van der Waals surface area contributed by atoms with E-state index < -0.39 is 67.8 Å². The quantitative estimate of drug-likeness (QED) is 0.161. The third-order valence-electron chi connectivity index (χ3n) is 7.60. The number of hydrogen-bond donors (Lipinski definition) is 0. The van der Waals surface area contributed by atoms with E-state index in [1.165, 1.54) is 20.2 Å². The van der Waals surface area contributed by atoms with Crippen LogP contribution in [0, 0.1) is 0 Å². The van der Waals surface area contributed by atoms with E-state index in [1.54, 1.807) is 46.1 Å². The number of fused-ring (bicyclic) bond motifs is 1. The molecule has 1 aliphatic rings. The van der Waals surface area contributed by atoms with Gasteiger partial charge in [0.1, 0.15) is 11.2 Å². The zero-order valence-corrected chi connectivity index (χ0v) is 31.3. The normalized spacial score (nSPS) is 19.3. The number of aromatic nitrogens is 4. The second kappa shape index (κ2) is 13.9. The van der Waals surface area contributed by atoms with E-state index in [0.717, 1.165) is 0 Å². The lowest BCUT2D eigenvalue weighted by molar-refractivity contribution is -0.143. The van der Waals surface area contributed by atoms with Crippen LogP contribution in [0.1, 0.15) is 88.8 Å². The van der Waals surface area contributed by atoms with Gasteiger partial charge in [-0.3, -0.25) is 14.2 Å². The standard InChI is InChI=1S/C31H48ClN5O9Si/c1-17(38)22(18(2)39)42-15-19-14-20(46-47(12,13)31(9,10)11)25(43-19)36-16-33-21-23(36)34-26(32)35-24(21)37(27(40)44-29(3,4)5)28(41)45-30(6,7)8/h16,19-20,22,25H,14-15H2,1-13H3/t19-,20+,25+/m0/s1. The van der Waals surface area contributed by atoms with Gasteiger partial charge in [-0.15, -0.1) is 0 Å². The number of halogens is 1. The lowest BCUT2D eigenvalue weighted by Crippen LogP contribution is -2.45. The van der Waals surface area contributed by atoms with E-state index in [0.29, 0.717) is 11.3 Å². The Kier molecular flexibility index (Phi) is 11.3. The van der Waals surface area contributed by atoms with Gasteiger partial charge < -0.3 is 23.4 Å². The molecule has 3 atom stereocenters. The molecule has 0 spiro atoms. The third-order valence-corrected chi connectivity index (χ3v) is 12.3. The van der Waals surface area contributed by atoms with Crippen LogP contribution < -0.4 is 4.90 Å². The first-order chi connectivity index (χ1) is 21.3. The number of carbonyl (C=O) groups is 4. The number of hydrogen-bond acceptors (Lipinski definition) is 12. The number of rotatable bonds is 9. The summed E-state index contributed by atoms with van der Waals surface area (Å²) in [6.45, 7) is 23.1. The van der Waals surface area contributed by atoms with Gasteiger partial charge in [0, 0.05) is 6.42 Å². The van der Waals surface area contributed by atoms with Crippen LogP contribution in [0.4, 0.5) is 15.4 Å². The summed E-state index contributed by atoms with van der Waals surface area (Å²) in [7, 11) is -2.37. The van der Waals surface area contributed by atoms with E-state index in [4.69, 9.17) is 35.0 Å². The summed E-state index contributed by atoms with van der Waals surface area (Å²) >= 11 is 6.41. The summed E-state index contributed by atoms with van der Waals surface area (Å²) in [5.74, 6) is -1.05. The maximum Gasteiger partial charge on any atom is 0.425 e. The molecule has 0 aromatic carbocycles. The molecule has 0 radical (unpaired) electrons. The molecule has 2 aromatic heterocycles. The van der Waals surface area contributed by atoms with Gasteiger partial charge in [0.15, 0.2) is 49.2 Å². The van der Waals surface area contributed by atoms with Crippen molar-refractivity contribution < 1.29 is 42.6 Å². The molecule has 1 fully saturated rings. The minimum Gasteiger partial charge on any atom is -0.443 e. The van der Waals surface area contributed by atoms with Crippen molar-refractivity contribution in [2.75, 3.05) is 11.5 Å². The van der Waals surface area contributed by atoms with Gasteiger partial charge >= 0.3 is 12.2 Å². The molecule has 47 heavy (non-hydrogen) atoms. The smallest absolute Gasteiger partial charge is 0.425 e. The Hall–Kier alpha value is -2.98. The van der Waals surface area contributed by atoms with Crippen LogP contribution in [0.5, 0.6) is 0 Å². The molecule has 16 heteroatoms. The number of nitrogens with zero attached hydrogens (tertiary/aromatic N) is 5. The highest BCUT2D eigenvalue weighted by Gasteiger charge is 2.46.